The molecule has 2 atom stereocenters. The summed E-state index contributed by atoms with van der Waals surface area (Å²) in [5.74, 6) is 0. The summed E-state index contributed by atoms with van der Waals surface area (Å²) in [7, 11) is -9.30. The molecule has 24 heavy (non-hydrogen) atoms. The van der Waals surface area contributed by atoms with Crippen molar-refractivity contribution in [3.8, 4) is 0 Å². The zero-order valence-corrected chi connectivity index (χ0v) is 14.5. The third-order valence-corrected chi connectivity index (χ3v) is 6.76. The molecule has 0 saturated heterocycles. The Morgan fingerprint density at radius 1 is 0.833 bits per heavy atom. The van der Waals surface area contributed by atoms with E-state index in [9.17, 15) is 25.3 Å². The fraction of sp³-hybridized carbons (Fsp3) is 0. The maximum atomic E-state index is 12.0. The van der Waals surface area contributed by atoms with Gasteiger partial charge in [0.2, 0.25) is 0 Å². The summed E-state index contributed by atoms with van der Waals surface area (Å²) in [5.41, 5.74) is 0. The van der Waals surface area contributed by atoms with E-state index < -0.39 is 52.7 Å². The van der Waals surface area contributed by atoms with Crippen molar-refractivity contribution >= 4 is 53.7 Å². The molecule has 0 aliphatic carbocycles. The van der Waals surface area contributed by atoms with Crippen LogP contribution in [0.2, 0.25) is 0 Å². The Morgan fingerprint density at radius 2 is 1.42 bits per heavy atom. The van der Waals surface area contributed by atoms with Crippen LogP contribution in [0.15, 0.2) is 46.2 Å². The molecule has 2 aromatic rings. The molecule has 0 aliphatic rings. The summed E-state index contributed by atoms with van der Waals surface area (Å²) in [6, 6.07) is 6.92. The smallest absolute Gasteiger partial charge is 0.283 e. The number of benzene rings is 2. The van der Waals surface area contributed by atoms with Gasteiger partial charge in [-0.25, -0.2) is 0 Å². The Hall–Kier alpha value is -1.26. The predicted octanol–water partition coefficient (Wildman–Crippen LogP) is 0.524. The van der Waals surface area contributed by atoms with Crippen LogP contribution in [0.3, 0.4) is 0 Å². The minimum Gasteiger partial charge on any atom is -0.283 e. The highest BCUT2D eigenvalue weighted by Crippen LogP contribution is 2.28. The fourth-order valence-corrected chi connectivity index (χ4v) is 4.85. The molecule has 2 rings (SSSR count). The molecule has 0 radical (unpaired) electrons. The van der Waals surface area contributed by atoms with E-state index in [2.05, 4.69) is 7.26 Å². The molecule has 0 saturated carbocycles. The van der Waals surface area contributed by atoms with Gasteiger partial charge in [-0.2, -0.15) is 25.3 Å². The van der Waals surface area contributed by atoms with Crippen molar-refractivity contribution < 1.29 is 41.6 Å². The van der Waals surface area contributed by atoms with Gasteiger partial charge in [0.05, 0.1) is 4.90 Å². The molecule has 0 spiro atoms. The molecule has 0 amide bonds. The second-order valence-corrected chi connectivity index (χ2v) is 8.80. The average molecular weight is 416 g/mol. The Balaban J connectivity index is 2.70. The van der Waals surface area contributed by atoms with E-state index >= 15 is 0 Å². The van der Waals surface area contributed by atoms with Gasteiger partial charge < -0.3 is 0 Å². The average Bonchev–Trinajstić information content (AvgIpc) is 2.43. The second-order valence-electron chi connectivity index (χ2n) is 4.12. The normalized spacial score (nSPS) is 15.2. The molecule has 0 aliphatic heterocycles. The van der Waals surface area contributed by atoms with Crippen LogP contribution < -0.4 is 0 Å². The van der Waals surface area contributed by atoms with Crippen molar-refractivity contribution in [3.63, 3.8) is 0 Å². The monoisotopic (exact) mass is 416 g/mol. The fourth-order valence-electron chi connectivity index (χ4n) is 1.83. The quantitative estimate of drug-likeness (QED) is 0.635. The molecule has 132 valence electrons. The molecule has 2 aromatic carbocycles. The molecule has 14 heteroatoms. The maximum absolute atomic E-state index is 12.0. The van der Waals surface area contributed by atoms with E-state index in [-0.39, 0.29) is 10.8 Å². The van der Waals surface area contributed by atoms with Gasteiger partial charge in [-0.1, -0.05) is 18.2 Å². The molecule has 0 aromatic heterocycles. The zero-order chi connectivity index (χ0) is 18.1. The Labute approximate surface area is 141 Å². The van der Waals surface area contributed by atoms with E-state index in [1.54, 1.807) is 0 Å². The first-order valence-electron chi connectivity index (χ1n) is 5.67. The van der Waals surface area contributed by atoms with Crippen molar-refractivity contribution in [3.05, 3.63) is 36.4 Å². The molecular weight excluding hydrogens is 408 g/mol. The standard InChI is InChI=1S/C10H8O10S4/c11-21(12)19-23(15,16)8-5-4-7-2-1-3-10(9(7)6-8)24(17,18)20-22(13)14/h1-6H,(H,11,12)(H,13,14). The van der Waals surface area contributed by atoms with Crippen molar-refractivity contribution in [1.29, 1.82) is 0 Å². The van der Waals surface area contributed by atoms with Crippen LogP contribution in [-0.4, -0.2) is 34.4 Å². The molecule has 0 fully saturated rings. The van der Waals surface area contributed by atoms with E-state index in [4.69, 9.17) is 9.11 Å². The van der Waals surface area contributed by atoms with Crippen LogP contribution in [0.1, 0.15) is 0 Å². The first-order chi connectivity index (χ1) is 11.0. The van der Waals surface area contributed by atoms with Crippen LogP contribution in [0, 0.1) is 0 Å². The Bertz CT molecular complexity index is 1040. The molecule has 0 heterocycles. The van der Waals surface area contributed by atoms with Crippen molar-refractivity contribution in [2.75, 3.05) is 0 Å². The lowest BCUT2D eigenvalue weighted by Crippen LogP contribution is -2.10. The van der Waals surface area contributed by atoms with Gasteiger partial charge in [-0.05, 0) is 23.6 Å². The third-order valence-electron chi connectivity index (χ3n) is 2.67. The minimum absolute atomic E-state index is 0.156. The van der Waals surface area contributed by atoms with Crippen molar-refractivity contribution in [1.82, 2.24) is 0 Å². The van der Waals surface area contributed by atoms with Crippen LogP contribution in [0.5, 0.6) is 0 Å². The van der Waals surface area contributed by atoms with Crippen molar-refractivity contribution in [2.24, 2.45) is 0 Å². The summed E-state index contributed by atoms with van der Waals surface area (Å²) in [5, 5.41) is 0.115. The van der Waals surface area contributed by atoms with E-state index in [0.717, 1.165) is 18.2 Å². The first-order valence-corrected chi connectivity index (χ1v) is 10.6. The third kappa shape index (κ3) is 4.22. The van der Waals surface area contributed by atoms with E-state index in [1.165, 1.54) is 18.2 Å². The Morgan fingerprint density at radius 3 is 2.00 bits per heavy atom. The van der Waals surface area contributed by atoms with Crippen LogP contribution >= 0.6 is 0 Å². The summed E-state index contributed by atoms with van der Waals surface area (Å²) in [6.45, 7) is 0. The summed E-state index contributed by atoms with van der Waals surface area (Å²) in [4.78, 5) is -1.16. The lowest BCUT2D eigenvalue weighted by atomic mass is 10.1. The maximum Gasteiger partial charge on any atom is 0.317 e. The molecule has 0 bridgehead atoms. The van der Waals surface area contributed by atoms with Gasteiger partial charge in [-0.3, -0.25) is 9.11 Å². The summed E-state index contributed by atoms with van der Waals surface area (Å²) in [6.07, 6.45) is 0. The number of rotatable bonds is 6. The lowest BCUT2D eigenvalue weighted by Gasteiger charge is -2.08. The number of fused-ring (bicyclic) bond motifs is 1. The topological polar surface area (TPSA) is 161 Å². The number of hydrogen-bond acceptors (Lipinski definition) is 8. The van der Waals surface area contributed by atoms with Crippen LogP contribution in [0.4, 0.5) is 0 Å². The first kappa shape index (κ1) is 19.1. The molecule has 2 unspecified atom stereocenters. The molecular formula is C10H8O10S4. The zero-order valence-electron chi connectivity index (χ0n) is 11.3. The highest BCUT2D eigenvalue weighted by Gasteiger charge is 2.24. The van der Waals surface area contributed by atoms with Gasteiger partial charge in [0.25, 0.3) is 0 Å². The summed E-state index contributed by atoms with van der Waals surface area (Å²) < 4.78 is 93.6. The molecule has 10 nitrogen and oxygen atoms in total. The van der Waals surface area contributed by atoms with Crippen molar-refractivity contribution in [2.45, 2.75) is 9.79 Å². The van der Waals surface area contributed by atoms with Gasteiger partial charge in [-0.15, -0.1) is 7.26 Å². The van der Waals surface area contributed by atoms with Crippen LogP contribution in [-0.2, 0) is 50.2 Å². The molecule has 2 N–H and O–H groups in total. The minimum atomic E-state index is -4.67. The largest absolute Gasteiger partial charge is 0.317 e. The highest BCUT2D eigenvalue weighted by atomic mass is 32.3. The lowest BCUT2D eigenvalue weighted by molar-refractivity contribution is 0.439. The number of hydrogen-bond donors (Lipinski definition) is 2. The van der Waals surface area contributed by atoms with E-state index in [0.29, 0.717) is 0 Å². The van der Waals surface area contributed by atoms with Gasteiger partial charge >= 0.3 is 43.0 Å². The van der Waals surface area contributed by atoms with Gasteiger partial charge in [0.15, 0.2) is 0 Å². The predicted molar refractivity (Wildman–Crippen MR) is 82.0 cm³/mol. The SMILES string of the molecule is O=S(O)OS(=O)(=O)c1ccc2cccc(S(=O)(=O)OS(=O)O)c2c1. The van der Waals surface area contributed by atoms with Gasteiger partial charge in [0.1, 0.15) is 4.90 Å². The Kier molecular flexibility index (Phi) is 5.50. The van der Waals surface area contributed by atoms with Gasteiger partial charge in [0, 0.05) is 5.39 Å². The highest BCUT2D eigenvalue weighted by molar-refractivity contribution is 7.95. The van der Waals surface area contributed by atoms with Crippen LogP contribution in [0.25, 0.3) is 10.8 Å². The second kappa shape index (κ2) is 6.93. The summed E-state index contributed by atoms with van der Waals surface area (Å²) >= 11 is -6.22. The van der Waals surface area contributed by atoms with E-state index in [1.807, 2.05) is 0 Å².